The Kier molecular flexibility index (Phi) is 8.83. The predicted molar refractivity (Wildman–Crippen MR) is 296 cm³/mol. The Bertz CT molecular complexity index is 4090. The average molecular weight is 899 g/mol. The first-order valence-electron chi connectivity index (χ1n) is 25.2. The summed E-state index contributed by atoms with van der Waals surface area (Å²) in [6.07, 6.45) is 36.8. The van der Waals surface area contributed by atoms with Crippen LogP contribution in [0.15, 0.2) is 231 Å². The molecule has 0 saturated carbocycles. The number of hydrogen-bond acceptors (Lipinski definition) is 1. The van der Waals surface area contributed by atoms with Crippen LogP contribution in [0.3, 0.4) is 0 Å². The number of para-hydroxylation sites is 4. The van der Waals surface area contributed by atoms with Crippen LogP contribution in [0.4, 0.5) is 11.4 Å². The third-order valence-corrected chi connectivity index (χ3v) is 15.9. The molecule has 4 nitrogen and oxygen atoms in total. The lowest BCUT2D eigenvalue weighted by Gasteiger charge is -2.30. The molecule has 4 aliphatic carbocycles. The van der Waals surface area contributed by atoms with E-state index in [1.807, 2.05) is 0 Å². The molecular weight excluding hydrogens is 849 g/mol. The lowest BCUT2D eigenvalue weighted by Crippen LogP contribution is -2.28. The van der Waals surface area contributed by atoms with Gasteiger partial charge in [0.25, 0.3) is 0 Å². The fourth-order valence-electron chi connectivity index (χ4n) is 12.9. The van der Waals surface area contributed by atoms with E-state index in [0.717, 1.165) is 25.7 Å². The van der Waals surface area contributed by atoms with Gasteiger partial charge in [0.1, 0.15) is 0 Å². The summed E-state index contributed by atoms with van der Waals surface area (Å²) >= 11 is 0. The van der Waals surface area contributed by atoms with Crippen molar-refractivity contribution in [3.63, 3.8) is 0 Å². The zero-order chi connectivity index (χ0) is 45.9. The number of rotatable bonds is 6. The zero-order valence-electron chi connectivity index (χ0n) is 38.9. The minimum absolute atomic E-state index is 0.0761. The molecule has 1 aliphatic heterocycles. The summed E-state index contributed by atoms with van der Waals surface area (Å²) in [6.45, 7) is 0. The molecule has 3 aromatic heterocycles. The van der Waals surface area contributed by atoms with E-state index in [1.165, 1.54) is 110 Å². The molecule has 7 aromatic carbocycles. The summed E-state index contributed by atoms with van der Waals surface area (Å²) < 4.78 is 7.76. The molecule has 0 saturated heterocycles. The summed E-state index contributed by atoms with van der Waals surface area (Å²) in [4.78, 5) is 2.61. The molecule has 4 heteroatoms. The number of nitrogens with zero attached hydrogens (tertiary/aromatic N) is 4. The second-order valence-corrected chi connectivity index (χ2v) is 19.8. The second kappa shape index (κ2) is 15.6. The Balaban J connectivity index is 0.946. The molecule has 0 fully saturated rings. The van der Waals surface area contributed by atoms with Gasteiger partial charge >= 0.3 is 0 Å². The minimum Gasteiger partial charge on any atom is -0.332 e. The first-order chi connectivity index (χ1) is 34.7. The van der Waals surface area contributed by atoms with Crippen LogP contribution >= 0.6 is 0 Å². The van der Waals surface area contributed by atoms with Crippen LogP contribution in [-0.2, 0) is 0 Å². The highest BCUT2D eigenvalue weighted by atomic mass is 15.2. The SMILES string of the molecule is C1=CCC(c2cc(C3=CCCC=C3)cc(-n3c4ccccc4c4cc5c(cc43)c3ccccc3n5C3=CC(n4c5ccccc5c5ccc6c(c54)N(c4ccccc4)C4C=CC=CC64)CC=C3)c2)C=C1. The normalized spacial score (nSPS) is 20.4. The lowest BCUT2D eigenvalue weighted by atomic mass is 9.89. The molecule has 15 rings (SSSR count). The van der Waals surface area contributed by atoms with Crippen LogP contribution in [0.2, 0.25) is 0 Å². The van der Waals surface area contributed by atoms with Gasteiger partial charge in [0.05, 0.1) is 45.4 Å². The fraction of sp³-hybridized carbons (Fsp3) is 0.121. The van der Waals surface area contributed by atoms with Crippen molar-refractivity contribution in [3.8, 4) is 5.69 Å². The van der Waals surface area contributed by atoms with E-state index < -0.39 is 0 Å². The van der Waals surface area contributed by atoms with Gasteiger partial charge in [-0.1, -0.05) is 164 Å². The molecule has 0 spiro atoms. The van der Waals surface area contributed by atoms with Crippen molar-refractivity contribution in [2.45, 2.75) is 49.6 Å². The third-order valence-electron chi connectivity index (χ3n) is 15.9. The number of benzene rings is 7. The van der Waals surface area contributed by atoms with Crippen LogP contribution in [0.5, 0.6) is 0 Å². The van der Waals surface area contributed by atoms with Gasteiger partial charge in [-0.3, -0.25) is 0 Å². The molecule has 334 valence electrons. The summed E-state index contributed by atoms with van der Waals surface area (Å²) in [5.74, 6) is 0.609. The number of allylic oxidation sites excluding steroid dienone is 14. The quantitative estimate of drug-likeness (QED) is 0.163. The highest BCUT2D eigenvalue weighted by molar-refractivity contribution is 6.20. The average Bonchev–Trinajstić information content (AvgIpc) is 4.16. The summed E-state index contributed by atoms with van der Waals surface area (Å²) in [5, 5.41) is 7.64. The molecule has 0 bridgehead atoms. The van der Waals surface area contributed by atoms with Crippen molar-refractivity contribution in [1.82, 2.24) is 13.7 Å². The third kappa shape index (κ3) is 5.89. The minimum atomic E-state index is 0.0761. The van der Waals surface area contributed by atoms with E-state index in [-0.39, 0.29) is 18.0 Å². The van der Waals surface area contributed by atoms with E-state index in [4.69, 9.17) is 0 Å². The number of fused-ring (bicyclic) bond motifs is 13. The predicted octanol–water partition coefficient (Wildman–Crippen LogP) is 17.1. The van der Waals surface area contributed by atoms with Gasteiger partial charge in [0, 0.05) is 66.7 Å². The summed E-state index contributed by atoms with van der Waals surface area (Å²) in [6, 6.07) is 55.5. The van der Waals surface area contributed by atoms with Crippen molar-refractivity contribution in [2.24, 2.45) is 0 Å². The monoisotopic (exact) mass is 898 g/mol. The Labute approximate surface area is 407 Å². The number of hydrogen-bond donors (Lipinski definition) is 0. The van der Waals surface area contributed by atoms with Crippen LogP contribution in [0, 0.1) is 0 Å². The highest BCUT2D eigenvalue weighted by Crippen LogP contribution is 2.53. The number of anilines is 2. The largest absolute Gasteiger partial charge is 0.332 e. The van der Waals surface area contributed by atoms with E-state index in [0.29, 0.717) is 5.92 Å². The van der Waals surface area contributed by atoms with Crippen LogP contribution in [0.1, 0.15) is 60.3 Å². The molecule has 4 unspecified atom stereocenters. The standard InChI is InChI=1S/C66H50N4/c1-4-19-43(20-5-1)45-37-46(44-21-6-2-7-22-44)39-50(38-45)68-60-32-15-13-30-54(60)58-41-63-57(42-64(58)68)53-29-12-14-31-59(53)67(63)48-25-18-26-49(40-48)70-62-34-17-11-28-52(62)56-36-35-55-51-27-10-16-33-61(51)69(65(55)66(56)70)47-23-8-3-9-24-47/h1,3-6,8-19,21-25,27-43,49,51,61H,2,7,20,26H2. The van der Waals surface area contributed by atoms with Crippen LogP contribution in [0.25, 0.3) is 82.4 Å². The Morgan fingerprint density at radius 2 is 1.19 bits per heavy atom. The van der Waals surface area contributed by atoms with Gasteiger partial charge in [0.15, 0.2) is 0 Å². The molecule has 10 aromatic rings. The van der Waals surface area contributed by atoms with Gasteiger partial charge < -0.3 is 18.6 Å². The van der Waals surface area contributed by atoms with Crippen molar-refractivity contribution in [1.29, 1.82) is 0 Å². The molecule has 4 atom stereocenters. The van der Waals surface area contributed by atoms with Gasteiger partial charge in [0.2, 0.25) is 0 Å². The Morgan fingerprint density at radius 1 is 0.471 bits per heavy atom. The van der Waals surface area contributed by atoms with Crippen molar-refractivity contribution < 1.29 is 0 Å². The lowest BCUT2D eigenvalue weighted by molar-refractivity contribution is 0.647. The molecule has 0 amide bonds. The zero-order valence-corrected chi connectivity index (χ0v) is 38.9. The fourth-order valence-corrected chi connectivity index (χ4v) is 12.9. The Hall–Kier alpha value is -8.34. The van der Waals surface area contributed by atoms with Crippen molar-refractivity contribution in [2.75, 3.05) is 4.90 Å². The van der Waals surface area contributed by atoms with Gasteiger partial charge in [-0.15, -0.1) is 0 Å². The molecule has 4 heterocycles. The van der Waals surface area contributed by atoms with Crippen molar-refractivity contribution >= 4 is 88.1 Å². The van der Waals surface area contributed by atoms with Gasteiger partial charge in [-0.05, 0) is 115 Å². The molecule has 5 aliphatic rings. The van der Waals surface area contributed by atoms with Crippen LogP contribution < -0.4 is 4.90 Å². The van der Waals surface area contributed by atoms with Gasteiger partial charge in [-0.2, -0.15) is 0 Å². The summed E-state index contributed by atoms with van der Waals surface area (Å²) in [7, 11) is 0. The first-order valence-corrected chi connectivity index (χ1v) is 25.2. The van der Waals surface area contributed by atoms with Crippen molar-refractivity contribution in [3.05, 3.63) is 247 Å². The molecule has 0 N–H and O–H groups in total. The number of aromatic nitrogens is 3. The molecular formula is C66H50N4. The molecule has 70 heavy (non-hydrogen) atoms. The smallest absolute Gasteiger partial charge is 0.0741 e. The first kappa shape index (κ1) is 39.6. The van der Waals surface area contributed by atoms with E-state index in [9.17, 15) is 0 Å². The maximum atomic E-state index is 2.67. The Morgan fingerprint density at radius 3 is 1.96 bits per heavy atom. The van der Waals surface area contributed by atoms with E-state index in [2.05, 4.69) is 249 Å². The van der Waals surface area contributed by atoms with Crippen LogP contribution in [-0.4, -0.2) is 19.7 Å². The highest BCUT2D eigenvalue weighted by Gasteiger charge is 2.40. The maximum Gasteiger partial charge on any atom is 0.0741 e. The van der Waals surface area contributed by atoms with Gasteiger partial charge in [-0.25, -0.2) is 0 Å². The summed E-state index contributed by atoms with van der Waals surface area (Å²) in [5.41, 5.74) is 17.8. The van der Waals surface area contributed by atoms with E-state index in [1.54, 1.807) is 0 Å². The second-order valence-electron chi connectivity index (χ2n) is 19.8. The maximum absolute atomic E-state index is 2.67. The van der Waals surface area contributed by atoms with E-state index >= 15 is 0 Å². The molecule has 0 radical (unpaired) electrons. The topological polar surface area (TPSA) is 18.0 Å².